The van der Waals surface area contributed by atoms with E-state index in [1.165, 1.54) is 20.0 Å². The largest absolute Gasteiger partial charge is 0.466 e. The van der Waals surface area contributed by atoms with Crippen molar-refractivity contribution in [2.75, 3.05) is 13.7 Å². The summed E-state index contributed by atoms with van der Waals surface area (Å²) < 4.78 is 6.16. The Hall–Kier alpha value is -2.60. The van der Waals surface area contributed by atoms with Gasteiger partial charge in [0.05, 0.1) is 25.3 Å². The van der Waals surface area contributed by atoms with Crippen LogP contribution in [-0.2, 0) is 16.1 Å². The summed E-state index contributed by atoms with van der Waals surface area (Å²) in [5.74, 6) is 1.16. The van der Waals surface area contributed by atoms with Crippen LogP contribution in [0.3, 0.4) is 0 Å². The Kier molecular flexibility index (Phi) is 6.23. The zero-order valence-electron chi connectivity index (χ0n) is 17.3. The number of nitrogens with one attached hydrogen (secondary N) is 1. The molecule has 1 heterocycles. The van der Waals surface area contributed by atoms with Crippen LogP contribution in [0.5, 0.6) is 0 Å². The normalized spacial score (nSPS) is 20.3. The molecule has 1 aliphatic heterocycles. The summed E-state index contributed by atoms with van der Waals surface area (Å²) in [4.78, 5) is 19.8. The van der Waals surface area contributed by atoms with Gasteiger partial charge in [-0.25, -0.2) is 4.79 Å². The van der Waals surface area contributed by atoms with E-state index < -0.39 is 0 Å². The molecule has 2 aliphatic rings. The summed E-state index contributed by atoms with van der Waals surface area (Å²) in [6, 6.07) is 17.9. The second-order valence-electron chi connectivity index (χ2n) is 7.80. The highest BCUT2D eigenvalue weighted by Gasteiger charge is 2.35. The molecule has 5 nitrogen and oxygen atoms in total. The Bertz CT molecular complexity index is 966. The summed E-state index contributed by atoms with van der Waals surface area (Å²) in [6.45, 7) is 3.42. The Morgan fingerprint density at radius 3 is 2.50 bits per heavy atom. The molecule has 0 saturated heterocycles. The second kappa shape index (κ2) is 9.04. The topological polar surface area (TPSA) is 53.9 Å². The van der Waals surface area contributed by atoms with E-state index in [0.717, 1.165) is 33.8 Å². The first-order valence-corrected chi connectivity index (χ1v) is 11.0. The van der Waals surface area contributed by atoms with Crippen molar-refractivity contribution in [3.63, 3.8) is 0 Å². The average Bonchev–Trinajstić information content (AvgIpc) is 3.59. The molecule has 1 atom stereocenters. The van der Waals surface area contributed by atoms with Crippen molar-refractivity contribution in [1.82, 2.24) is 10.2 Å². The number of allylic oxidation sites excluding steroid dienone is 1. The molecule has 0 amide bonds. The van der Waals surface area contributed by atoms with Crippen LogP contribution in [0.15, 0.2) is 75.3 Å². The van der Waals surface area contributed by atoms with Crippen LogP contribution in [0.25, 0.3) is 0 Å². The highest BCUT2D eigenvalue weighted by atomic mass is 79.9. The van der Waals surface area contributed by atoms with Gasteiger partial charge < -0.3 is 15.0 Å². The van der Waals surface area contributed by atoms with Gasteiger partial charge in [-0.1, -0.05) is 58.4 Å². The number of hydrogen-bond acceptors (Lipinski definition) is 3. The molecule has 30 heavy (non-hydrogen) atoms. The van der Waals surface area contributed by atoms with E-state index in [1.807, 2.05) is 49.4 Å². The number of carbonyl (C=O) groups is 1. The molecule has 2 aromatic rings. The quantitative estimate of drug-likeness (QED) is 0.619. The van der Waals surface area contributed by atoms with E-state index in [4.69, 9.17) is 9.73 Å². The minimum absolute atomic E-state index is 0.310. The molecular formula is C24H26BrN3O2. The molecule has 2 aromatic carbocycles. The molecule has 1 N–H and O–H groups in total. The van der Waals surface area contributed by atoms with Crippen molar-refractivity contribution in [3.8, 4) is 0 Å². The predicted molar refractivity (Wildman–Crippen MR) is 122 cm³/mol. The van der Waals surface area contributed by atoms with E-state index >= 15 is 0 Å². The fourth-order valence-electron chi connectivity index (χ4n) is 3.68. The maximum Gasteiger partial charge on any atom is 0.337 e. The van der Waals surface area contributed by atoms with Crippen LogP contribution in [0.2, 0.25) is 0 Å². The van der Waals surface area contributed by atoms with Crippen LogP contribution in [0.4, 0.5) is 0 Å². The van der Waals surface area contributed by atoms with Crippen LogP contribution >= 0.6 is 15.9 Å². The van der Waals surface area contributed by atoms with E-state index in [2.05, 4.69) is 38.3 Å². The third-order valence-corrected chi connectivity index (χ3v) is 6.13. The fourth-order valence-corrected chi connectivity index (χ4v) is 3.94. The molecule has 0 unspecified atom stereocenters. The average molecular weight is 468 g/mol. The molecule has 156 valence electrons. The SMILES string of the molecule is COC(=O)C1=C(C)N(Cc2ccccc2)C(=NCC2CC2)N[C@H]1c1ccc(Br)cc1. The van der Waals surface area contributed by atoms with Gasteiger partial charge in [0.15, 0.2) is 5.96 Å². The van der Waals surface area contributed by atoms with Crippen molar-refractivity contribution in [2.24, 2.45) is 10.9 Å². The summed E-state index contributed by atoms with van der Waals surface area (Å²) in [6.07, 6.45) is 2.49. The number of methoxy groups -OCH3 is 1. The minimum Gasteiger partial charge on any atom is -0.466 e. The standard InChI is InChI=1S/C24H26BrN3O2/c1-16-21(23(29)30-2)22(19-10-12-20(25)13-11-19)27-24(26-14-17-8-9-17)28(16)15-18-6-4-3-5-7-18/h3-7,10-13,17,22H,8-9,14-15H2,1-2H3,(H,26,27)/t22-/m0/s1. The molecule has 0 aromatic heterocycles. The van der Waals surface area contributed by atoms with Gasteiger partial charge >= 0.3 is 5.97 Å². The van der Waals surface area contributed by atoms with Crippen LogP contribution in [-0.4, -0.2) is 30.5 Å². The highest BCUT2D eigenvalue weighted by Crippen LogP contribution is 2.34. The Morgan fingerprint density at radius 1 is 1.17 bits per heavy atom. The lowest BCUT2D eigenvalue weighted by molar-refractivity contribution is -0.136. The lowest BCUT2D eigenvalue weighted by atomic mass is 9.94. The number of carbonyl (C=O) groups excluding carboxylic acids is 1. The molecule has 0 radical (unpaired) electrons. The molecule has 1 fully saturated rings. The van der Waals surface area contributed by atoms with Crippen LogP contribution < -0.4 is 5.32 Å². The van der Waals surface area contributed by atoms with Gasteiger partial charge in [0.1, 0.15) is 0 Å². The number of guanidine groups is 1. The fraction of sp³-hybridized carbons (Fsp3) is 0.333. The Morgan fingerprint density at radius 2 is 1.87 bits per heavy atom. The van der Waals surface area contributed by atoms with Crippen molar-refractivity contribution < 1.29 is 9.53 Å². The maximum absolute atomic E-state index is 12.8. The smallest absolute Gasteiger partial charge is 0.337 e. The molecule has 6 heteroatoms. The number of halogens is 1. The Labute approximate surface area is 186 Å². The number of rotatable bonds is 6. The molecule has 0 bridgehead atoms. The Balaban J connectivity index is 1.77. The van der Waals surface area contributed by atoms with E-state index in [-0.39, 0.29) is 12.0 Å². The summed E-state index contributed by atoms with van der Waals surface area (Å²) in [5.41, 5.74) is 3.63. The number of nitrogens with zero attached hydrogens (tertiary/aromatic N) is 2. The highest BCUT2D eigenvalue weighted by molar-refractivity contribution is 9.10. The van der Waals surface area contributed by atoms with Crippen molar-refractivity contribution in [3.05, 3.63) is 81.5 Å². The van der Waals surface area contributed by atoms with Gasteiger partial charge in [-0.3, -0.25) is 4.99 Å². The number of benzene rings is 2. The zero-order valence-corrected chi connectivity index (χ0v) is 18.9. The summed E-state index contributed by atoms with van der Waals surface area (Å²) in [5, 5.41) is 3.54. The number of esters is 1. The van der Waals surface area contributed by atoms with Crippen LogP contribution in [0, 0.1) is 5.92 Å². The lowest BCUT2D eigenvalue weighted by Gasteiger charge is -2.38. The second-order valence-corrected chi connectivity index (χ2v) is 8.71. The maximum atomic E-state index is 12.8. The van der Waals surface area contributed by atoms with E-state index in [9.17, 15) is 4.79 Å². The zero-order chi connectivity index (χ0) is 21.1. The third-order valence-electron chi connectivity index (χ3n) is 5.60. The van der Waals surface area contributed by atoms with Gasteiger partial charge in [-0.05, 0) is 48.9 Å². The molecular weight excluding hydrogens is 442 g/mol. The van der Waals surface area contributed by atoms with Crippen molar-refractivity contribution in [1.29, 1.82) is 0 Å². The first kappa shape index (κ1) is 20.7. The predicted octanol–water partition coefficient (Wildman–Crippen LogP) is 4.81. The third kappa shape index (κ3) is 4.59. The van der Waals surface area contributed by atoms with Gasteiger partial charge in [0, 0.05) is 16.7 Å². The van der Waals surface area contributed by atoms with E-state index in [1.54, 1.807) is 0 Å². The molecule has 1 aliphatic carbocycles. The molecule has 4 rings (SSSR count). The van der Waals surface area contributed by atoms with Gasteiger partial charge in [-0.15, -0.1) is 0 Å². The lowest BCUT2D eigenvalue weighted by Crippen LogP contribution is -2.48. The van der Waals surface area contributed by atoms with Gasteiger partial charge in [-0.2, -0.15) is 0 Å². The molecule has 1 saturated carbocycles. The monoisotopic (exact) mass is 467 g/mol. The van der Waals surface area contributed by atoms with Gasteiger partial charge in [0.2, 0.25) is 0 Å². The van der Waals surface area contributed by atoms with Crippen molar-refractivity contribution in [2.45, 2.75) is 32.4 Å². The molecule has 0 spiro atoms. The first-order valence-electron chi connectivity index (χ1n) is 10.2. The van der Waals surface area contributed by atoms with Crippen LogP contribution in [0.1, 0.15) is 36.9 Å². The number of hydrogen-bond donors (Lipinski definition) is 1. The van der Waals surface area contributed by atoms with Crippen molar-refractivity contribution >= 4 is 27.9 Å². The van der Waals surface area contributed by atoms with E-state index in [0.29, 0.717) is 18.0 Å². The number of ether oxygens (including phenoxy) is 1. The first-order chi connectivity index (χ1) is 14.6. The summed E-state index contributed by atoms with van der Waals surface area (Å²) in [7, 11) is 1.43. The minimum atomic E-state index is -0.327. The number of aliphatic imine (C=N–C) groups is 1. The summed E-state index contributed by atoms with van der Waals surface area (Å²) >= 11 is 3.49. The van der Waals surface area contributed by atoms with Gasteiger partial charge in [0.25, 0.3) is 0 Å².